The van der Waals surface area contributed by atoms with Gasteiger partial charge in [-0.15, -0.1) is 46.2 Å². The molecule has 7 atom stereocenters. The standard InChI is InChI=1S/C8H19FI3P5/c1-4(2,10)6(9,8(12,16)17)7(11,15)5(3,13)14/h13-17H2,1-3H3. The van der Waals surface area contributed by atoms with Gasteiger partial charge >= 0.3 is 0 Å². The molecular weight excluding hydrogens is 651 g/mol. The number of hydrogen-bond donors (Lipinski definition) is 0. The topological polar surface area (TPSA) is 0 Å². The summed E-state index contributed by atoms with van der Waals surface area (Å²) in [4.78, 5) is -0.334. The largest absolute Gasteiger partial charge is 0.238 e. The molecule has 0 rings (SSSR count). The molecule has 0 saturated heterocycles. The fourth-order valence-electron chi connectivity index (χ4n) is 1.54. The Kier molecular flexibility index (Phi) is 8.02. The van der Waals surface area contributed by atoms with Crippen LogP contribution in [0.2, 0.25) is 0 Å². The third-order valence-corrected chi connectivity index (χ3v) is 10.6. The summed E-state index contributed by atoms with van der Waals surface area (Å²) in [5.41, 5.74) is -1.44. The van der Waals surface area contributed by atoms with Crippen LogP contribution in [0.1, 0.15) is 20.8 Å². The smallest absolute Gasteiger partial charge is 0.165 e. The summed E-state index contributed by atoms with van der Waals surface area (Å²) >= 11 is 6.58. The van der Waals surface area contributed by atoms with E-state index in [0.29, 0.717) is 0 Å². The van der Waals surface area contributed by atoms with E-state index in [1.165, 1.54) is 0 Å². The van der Waals surface area contributed by atoms with Crippen molar-refractivity contribution in [2.75, 3.05) is 0 Å². The Morgan fingerprint density at radius 3 is 1.18 bits per heavy atom. The van der Waals surface area contributed by atoms with E-state index in [-0.39, 0.29) is 4.90 Å². The first kappa shape index (κ1) is 21.3. The lowest BCUT2D eigenvalue weighted by Gasteiger charge is -2.56. The molecule has 0 aromatic heterocycles. The highest BCUT2D eigenvalue weighted by Crippen LogP contribution is 2.68. The van der Waals surface area contributed by atoms with Crippen LogP contribution in [0.4, 0.5) is 4.39 Å². The molecule has 0 aromatic carbocycles. The molecule has 0 heterocycles. The summed E-state index contributed by atoms with van der Waals surface area (Å²) in [5.74, 6) is 0. The molecule has 104 valence electrons. The molecule has 17 heavy (non-hydrogen) atoms. The highest BCUT2D eigenvalue weighted by Gasteiger charge is 2.67. The third kappa shape index (κ3) is 4.17. The van der Waals surface area contributed by atoms with Crippen molar-refractivity contribution >= 4 is 114 Å². The van der Waals surface area contributed by atoms with Gasteiger partial charge in [-0.2, -0.15) is 0 Å². The molecule has 0 N–H and O–H groups in total. The van der Waals surface area contributed by atoms with Gasteiger partial charge in [-0.05, 0) is 13.8 Å². The van der Waals surface area contributed by atoms with Gasteiger partial charge in [0.05, 0.1) is 9.49 Å². The van der Waals surface area contributed by atoms with Gasteiger partial charge in [-0.3, -0.25) is 0 Å². The molecule has 0 radical (unpaired) electrons. The SMILES string of the molecule is CC(P)(P)C(P)(I)C(F)(C(C)(C)I)C(P)(P)I. The van der Waals surface area contributed by atoms with Crippen molar-refractivity contribution in [1.29, 1.82) is 0 Å². The Morgan fingerprint density at radius 1 is 0.824 bits per heavy atom. The van der Waals surface area contributed by atoms with Crippen LogP contribution in [0.15, 0.2) is 0 Å². The summed E-state index contributed by atoms with van der Waals surface area (Å²) in [6, 6.07) is 0. The first-order valence-corrected chi connectivity index (χ1v) is 10.8. The van der Waals surface area contributed by atoms with Crippen LogP contribution in [0, 0.1) is 0 Å². The van der Waals surface area contributed by atoms with E-state index in [9.17, 15) is 0 Å². The number of hydrogen-bond acceptors (Lipinski definition) is 0. The molecule has 0 aliphatic rings. The second-order valence-electron chi connectivity index (χ2n) is 4.89. The van der Waals surface area contributed by atoms with Gasteiger partial charge in [-0.25, -0.2) is 4.39 Å². The van der Waals surface area contributed by atoms with E-state index >= 15 is 4.39 Å². The van der Waals surface area contributed by atoms with E-state index < -0.39 is 15.2 Å². The quantitative estimate of drug-likeness (QED) is 0.219. The van der Waals surface area contributed by atoms with Crippen LogP contribution in [-0.4, -0.2) is 20.1 Å². The Hall–Kier alpha value is 4.27. The maximum atomic E-state index is 16.0. The van der Waals surface area contributed by atoms with Gasteiger partial charge < -0.3 is 0 Å². The highest BCUT2D eigenvalue weighted by atomic mass is 127. The number of halogens is 4. The Labute approximate surface area is 157 Å². The number of alkyl halides is 4. The minimum absolute atomic E-state index is 0.334. The van der Waals surface area contributed by atoms with Gasteiger partial charge in [-0.1, -0.05) is 74.7 Å². The minimum atomic E-state index is -1.44. The van der Waals surface area contributed by atoms with Crippen molar-refractivity contribution in [3.05, 3.63) is 0 Å². The van der Waals surface area contributed by atoms with Crippen LogP contribution in [0.5, 0.6) is 0 Å². The summed E-state index contributed by atoms with van der Waals surface area (Å²) < 4.78 is 14.2. The molecule has 0 aliphatic heterocycles. The summed E-state index contributed by atoms with van der Waals surface area (Å²) in [6.45, 7) is 5.89. The van der Waals surface area contributed by atoms with Crippen LogP contribution in [-0.2, 0) is 0 Å². The second-order valence-corrected chi connectivity index (χ2v) is 21.0. The molecule has 0 spiro atoms. The van der Waals surface area contributed by atoms with Crippen LogP contribution < -0.4 is 0 Å². The Morgan fingerprint density at radius 2 is 1.12 bits per heavy atom. The van der Waals surface area contributed by atoms with Gasteiger partial charge in [0.1, 0.15) is 0 Å². The molecule has 0 bridgehead atoms. The van der Waals surface area contributed by atoms with Crippen molar-refractivity contribution in [2.45, 2.75) is 40.8 Å². The normalized spacial score (nSPS) is 21.9. The third-order valence-electron chi connectivity index (χ3n) is 2.63. The minimum Gasteiger partial charge on any atom is -0.238 e. The lowest BCUT2D eigenvalue weighted by molar-refractivity contribution is 0.131. The average Bonchev–Trinajstić information content (AvgIpc) is 1.95. The molecular formula is C8H19FI3P5. The molecule has 0 aliphatic carbocycles. The molecule has 0 saturated carbocycles. The predicted octanol–water partition coefficient (Wildman–Crippen LogP) is 5.22. The molecule has 0 aromatic rings. The summed E-state index contributed by atoms with van der Waals surface area (Å²) in [7, 11) is 13.4. The van der Waals surface area contributed by atoms with E-state index in [1.54, 1.807) is 0 Å². The maximum absolute atomic E-state index is 16.0. The van der Waals surface area contributed by atoms with E-state index in [4.69, 9.17) is 0 Å². The Bertz CT molecular complexity index is 275. The van der Waals surface area contributed by atoms with Crippen LogP contribution >= 0.6 is 114 Å². The van der Waals surface area contributed by atoms with E-state index in [2.05, 4.69) is 114 Å². The monoisotopic (exact) mass is 670 g/mol. The zero-order valence-electron chi connectivity index (χ0n) is 9.90. The average molecular weight is 670 g/mol. The summed E-state index contributed by atoms with van der Waals surface area (Å²) in [6.07, 6.45) is 0. The van der Waals surface area contributed by atoms with E-state index in [1.807, 2.05) is 20.8 Å². The summed E-state index contributed by atoms with van der Waals surface area (Å²) in [5, 5.41) is 0. The maximum Gasteiger partial charge on any atom is 0.165 e. The fraction of sp³-hybridized carbons (Fsp3) is 1.00. The molecule has 0 fully saturated rings. The Balaban J connectivity index is 6.04. The van der Waals surface area contributed by atoms with Gasteiger partial charge in [0.25, 0.3) is 0 Å². The lowest BCUT2D eigenvalue weighted by Crippen LogP contribution is -2.65. The van der Waals surface area contributed by atoms with Crippen molar-refractivity contribution in [3.63, 3.8) is 0 Å². The molecule has 9 heteroatoms. The lowest BCUT2D eigenvalue weighted by atomic mass is 9.88. The molecule has 0 amide bonds. The van der Waals surface area contributed by atoms with Crippen molar-refractivity contribution in [2.24, 2.45) is 0 Å². The van der Waals surface area contributed by atoms with Crippen molar-refractivity contribution in [3.8, 4) is 0 Å². The van der Waals surface area contributed by atoms with Crippen molar-refractivity contribution in [1.82, 2.24) is 0 Å². The fourth-order valence-corrected chi connectivity index (χ4v) is 10.4. The van der Waals surface area contributed by atoms with E-state index in [0.717, 1.165) is 0 Å². The number of rotatable bonds is 4. The first-order chi connectivity index (χ1) is 7.00. The van der Waals surface area contributed by atoms with Crippen LogP contribution in [0.3, 0.4) is 0 Å². The predicted molar refractivity (Wildman–Crippen MR) is 122 cm³/mol. The zero-order valence-corrected chi connectivity index (χ0v) is 22.1. The molecule has 0 nitrogen and oxygen atoms in total. The highest BCUT2D eigenvalue weighted by molar-refractivity contribution is 14.1. The second kappa shape index (κ2) is 6.41. The molecule has 7 unspecified atom stereocenters. The first-order valence-electron chi connectivity index (χ1n) is 4.70. The van der Waals surface area contributed by atoms with Crippen LogP contribution in [0.25, 0.3) is 0 Å². The van der Waals surface area contributed by atoms with Gasteiger partial charge in [0.15, 0.2) is 5.67 Å². The van der Waals surface area contributed by atoms with Crippen molar-refractivity contribution < 1.29 is 4.39 Å². The van der Waals surface area contributed by atoms with Gasteiger partial charge in [0.2, 0.25) is 0 Å². The van der Waals surface area contributed by atoms with Gasteiger partial charge in [0, 0.05) is 4.90 Å². The zero-order chi connectivity index (χ0) is 14.5.